The minimum absolute atomic E-state index is 0.0266. The maximum absolute atomic E-state index is 11.8. The fourth-order valence-corrected chi connectivity index (χ4v) is 3.41. The first-order valence-corrected chi connectivity index (χ1v) is 14.8. The van der Waals surface area contributed by atoms with E-state index in [0.717, 1.165) is 25.7 Å². The van der Waals surface area contributed by atoms with Crippen LogP contribution in [0.5, 0.6) is 0 Å². The fraction of sp³-hybridized carbons (Fsp3) is 0.833. The highest BCUT2D eigenvalue weighted by molar-refractivity contribution is 5.69. The SMILES string of the molecule is CCCCC/C=C\C/C=C\CCCCCCCC(=O)OCCOCCOCCOCCOCCOCCO. The maximum Gasteiger partial charge on any atom is 0.305 e. The molecule has 8 nitrogen and oxygen atoms in total. The van der Waals surface area contributed by atoms with E-state index >= 15 is 0 Å². The molecular weight excluding hydrogens is 488 g/mol. The van der Waals surface area contributed by atoms with Gasteiger partial charge in [-0.1, -0.05) is 63.3 Å². The summed E-state index contributed by atoms with van der Waals surface area (Å²) in [5.41, 5.74) is 0. The van der Waals surface area contributed by atoms with Gasteiger partial charge < -0.3 is 33.5 Å². The smallest absolute Gasteiger partial charge is 0.305 e. The second-order valence-electron chi connectivity index (χ2n) is 8.99. The average Bonchev–Trinajstić information content (AvgIpc) is 2.92. The molecule has 0 aromatic rings. The van der Waals surface area contributed by atoms with E-state index in [0.29, 0.717) is 72.5 Å². The maximum atomic E-state index is 11.8. The zero-order valence-electron chi connectivity index (χ0n) is 24.1. The summed E-state index contributed by atoms with van der Waals surface area (Å²) in [5, 5.41) is 8.57. The minimum atomic E-state index is -0.144. The van der Waals surface area contributed by atoms with Gasteiger partial charge in [0.2, 0.25) is 0 Å². The van der Waals surface area contributed by atoms with Crippen LogP contribution in [0.25, 0.3) is 0 Å². The quantitative estimate of drug-likeness (QED) is 0.0703. The number of hydrogen-bond donors (Lipinski definition) is 1. The summed E-state index contributed by atoms with van der Waals surface area (Å²) < 4.78 is 31.8. The van der Waals surface area contributed by atoms with Crippen LogP contribution < -0.4 is 0 Å². The lowest BCUT2D eigenvalue weighted by atomic mass is 10.1. The number of carbonyl (C=O) groups excluding carboxylic acids is 1. The molecule has 0 aliphatic heterocycles. The van der Waals surface area contributed by atoms with E-state index in [4.69, 9.17) is 33.5 Å². The van der Waals surface area contributed by atoms with Crippen molar-refractivity contribution in [2.75, 3.05) is 79.3 Å². The molecule has 0 aliphatic rings. The summed E-state index contributed by atoms with van der Waals surface area (Å²) >= 11 is 0. The number of rotatable bonds is 31. The van der Waals surface area contributed by atoms with Crippen LogP contribution in [0.15, 0.2) is 24.3 Å². The third kappa shape index (κ3) is 32.7. The molecule has 0 fully saturated rings. The number of ether oxygens (including phenoxy) is 6. The predicted molar refractivity (Wildman–Crippen MR) is 151 cm³/mol. The first kappa shape index (κ1) is 36.7. The van der Waals surface area contributed by atoms with Crippen LogP contribution in [0.2, 0.25) is 0 Å². The third-order valence-electron chi connectivity index (χ3n) is 5.55. The van der Waals surface area contributed by atoms with E-state index in [2.05, 4.69) is 31.2 Å². The van der Waals surface area contributed by atoms with E-state index < -0.39 is 0 Å². The van der Waals surface area contributed by atoms with Crippen LogP contribution in [-0.4, -0.2) is 90.4 Å². The summed E-state index contributed by atoms with van der Waals surface area (Å²) in [5.74, 6) is -0.144. The third-order valence-corrected chi connectivity index (χ3v) is 5.55. The van der Waals surface area contributed by atoms with E-state index in [1.165, 1.54) is 44.9 Å². The van der Waals surface area contributed by atoms with E-state index in [1.54, 1.807) is 0 Å². The number of unbranched alkanes of at least 4 members (excludes halogenated alkanes) is 8. The Morgan fingerprint density at radius 3 is 1.53 bits per heavy atom. The molecule has 8 heteroatoms. The van der Waals surface area contributed by atoms with Gasteiger partial charge in [-0.3, -0.25) is 4.79 Å². The van der Waals surface area contributed by atoms with Crippen LogP contribution in [0.3, 0.4) is 0 Å². The number of aliphatic hydroxyl groups is 1. The highest BCUT2D eigenvalue weighted by Gasteiger charge is 2.02. The Hall–Kier alpha value is -1.29. The number of carbonyl (C=O) groups is 1. The van der Waals surface area contributed by atoms with Crippen LogP contribution in [0, 0.1) is 0 Å². The van der Waals surface area contributed by atoms with E-state index in [9.17, 15) is 4.79 Å². The van der Waals surface area contributed by atoms with Crippen LogP contribution in [0.4, 0.5) is 0 Å². The van der Waals surface area contributed by atoms with Crippen LogP contribution >= 0.6 is 0 Å². The minimum Gasteiger partial charge on any atom is -0.463 e. The highest BCUT2D eigenvalue weighted by atomic mass is 16.6. The van der Waals surface area contributed by atoms with E-state index in [-0.39, 0.29) is 19.2 Å². The number of aliphatic hydroxyl groups excluding tert-OH is 1. The predicted octanol–water partition coefficient (Wildman–Crippen LogP) is 5.42. The molecule has 0 saturated heterocycles. The zero-order valence-corrected chi connectivity index (χ0v) is 24.1. The van der Waals surface area contributed by atoms with Crippen LogP contribution in [0.1, 0.15) is 84.0 Å². The molecule has 0 spiro atoms. The second kappa shape index (κ2) is 33.7. The number of allylic oxidation sites excluding steroid dienone is 4. The number of esters is 1. The van der Waals surface area contributed by atoms with Gasteiger partial charge in [0.1, 0.15) is 6.61 Å². The fourth-order valence-electron chi connectivity index (χ4n) is 3.41. The lowest BCUT2D eigenvalue weighted by Gasteiger charge is -2.08. The Morgan fingerprint density at radius 2 is 1.00 bits per heavy atom. The summed E-state index contributed by atoms with van der Waals surface area (Å²) in [7, 11) is 0. The van der Waals surface area contributed by atoms with Crippen molar-refractivity contribution >= 4 is 5.97 Å². The summed E-state index contributed by atoms with van der Waals surface area (Å²) in [6.07, 6.45) is 22.5. The average molecular weight is 545 g/mol. The van der Waals surface area contributed by atoms with Gasteiger partial charge in [-0.05, 0) is 38.5 Å². The molecule has 38 heavy (non-hydrogen) atoms. The molecule has 224 valence electrons. The van der Waals surface area contributed by atoms with Crippen molar-refractivity contribution in [3.05, 3.63) is 24.3 Å². The lowest BCUT2D eigenvalue weighted by Crippen LogP contribution is -2.15. The Bertz CT molecular complexity index is 524. The first-order valence-electron chi connectivity index (χ1n) is 14.8. The molecule has 0 saturated carbocycles. The van der Waals surface area contributed by atoms with Gasteiger partial charge in [0, 0.05) is 6.42 Å². The van der Waals surface area contributed by atoms with Gasteiger partial charge in [0.15, 0.2) is 0 Å². The van der Waals surface area contributed by atoms with Gasteiger partial charge in [-0.2, -0.15) is 0 Å². The summed E-state index contributed by atoms with van der Waals surface area (Å²) in [6, 6.07) is 0. The first-order chi connectivity index (χ1) is 18.8. The van der Waals surface area contributed by atoms with E-state index in [1.807, 2.05) is 0 Å². The van der Waals surface area contributed by atoms with Crippen molar-refractivity contribution in [1.82, 2.24) is 0 Å². The molecule has 1 N–H and O–H groups in total. The van der Waals surface area contributed by atoms with Gasteiger partial charge >= 0.3 is 5.97 Å². The Morgan fingerprint density at radius 1 is 0.553 bits per heavy atom. The molecule has 0 atom stereocenters. The van der Waals surface area contributed by atoms with Gasteiger partial charge in [-0.15, -0.1) is 0 Å². The zero-order chi connectivity index (χ0) is 27.6. The molecule has 0 unspecified atom stereocenters. The van der Waals surface area contributed by atoms with Crippen molar-refractivity contribution in [3.8, 4) is 0 Å². The second-order valence-corrected chi connectivity index (χ2v) is 8.99. The molecule has 0 heterocycles. The van der Waals surface area contributed by atoms with Crippen molar-refractivity contribution in [1.29, 1.82) is 0 Å². The molecule has 0 radical (unpaired) electrons. The van der Waals surface area contributed by atoms with Crippen molar-refractivity contribution in [2.45, 2.75) is 84.0 Å². The molecule has 0 rings (SSSR count). The topological polar surface area (TPSA) is 92.7 Å². The monoisotopic (exact) mass is 544 g/mol. The van der Waals surface area contributed by atoms with Gasteiger partial charge in [0.05, 0.1) is 72.7 Å². The van der Waals surface area contributed by atoms with Crippen molar-refractivity contribution < 1.29 is 38.3 Å². The highest BCUT2D eigenvalue weighted by Crippen LogP contribution is 2.08. The summed E-state index contributed by atoms with van der Waals surface area (Å²) in [4.78, 5) is 11.8. The molecule has 0 aliphatic carbocycles. The molecule has 0 bridgehead atoms. The summed E-state index contributed by atoms with van der Waals surface area (Å²) in [6.45, 7) is 7.15. The van der Waals surface area contributed by atoms with Crippen molar-refractivity contribution in [3.63, 3.8) is 0 Å². The van der Waals surface area contributed by atoms with Crippen LogP contribution in [-0.2, 0) is 33.2 Å². The van der Waals surface area contributed by atoms with Gasteiger partial charge in [-0.25, -0.2) is 0 Å². The van der Waals surface area contributed by atoms with Crippen molar-refractivity contribution in [2.24, 2.45) is 0 Å². The lowest BCUT2D eigenvalue weighted by molar-refractivity contribution is -0.145. The largest absolute Gasteiger partial charge is 0.463 e. The molecule has 0 aromatic heterocycles. The molecular formula is C30H56O8. The van der Waals surface area contributed by atoms with Gasteiger partial charge in [0.25, 0.3) is 0 Å². The Kier molecular flexibility index (Phi) is 32.6. The standard InChI is InChI=1S/C30H56O8/c1-2-3-4-5-6-7-8-9-10-11-12-13-14-15-16-17-30(32)38-29-28-37-27-26-36-25-24-35-23-22-34-21-20-33-19-18-31/h6-7,9-10,31H,2-5,8,11-29H2,1H3/b7-6-,10-9-. The molecule has 0 aromatic carbocycles. The molecule has 0 amide bonds. The Balaban J connectivity index is 3.21. The normalized spacial score (nSPS) is 11.7. The number of hydrogen-bond acceptors (Lipinski definition) is 8. The Labute approximate surface area is 232 Å².